The summed E-state index contributed by atoms with van der Waals surface area (Å²) in [6.45, 7) is 2.05. The van der Waals surface area contributed by atoms with Crippen LogP contribution < -0.4 is 5.73 Å². The molecule has 1 saturated heterocycles. The highest BCUT2D eigenvalue weighted by Crippen LogP contribution is 2.36. The summed E-state index contributed by atoms with van der Waals surface area (Å²) in [5.41, 5.74) is 6.99. The molecule has 5 nitrogen and oxygen atoms in total. The van der Waals surface area contributed by atoms with Crippen molar-refractivity contribution in [3.63, 3.8) is 0 Å². The number of rotatable bonds is 2. The molecule has 15 heavy (non-hydrogen) atoms. The van der Waals surface area contributed by atoms with Crippen LogP contribution in [0.5, 0.6) is 0 Å². The first-order chi connectivity index (χ1) is 7.06. The second-order valence-electron chi connectivity index (χ2n) is 3.81. The lowest BCUT2D eigenvalue weighted by Crippen LogP contribution is -2.10. The van der Waals surface area contributed by atoms with Crippen LogP contribution in [-0.2, 0) is 16.4 Å². The van der Waals surface area contributed by atoms with Crippen LogP contribution in [0.25, 0.3) is 0 Å². The van der Waals surface area contributed by atoms with Gasteiger partial charge in [0.1, 0.15) is 5.25 Å². The van der Waals surface area contributed by atoms with Crippen LogP contribution in [0.4, 0.5) is 0 Å². The van der Waals surface area contributed by atoms with Gasteiger partial charge in [-0.1, -0.05) is 5.16 Å². The Labute approximate surface area is 88.5 Å². The Balaban J connectivity index is 2.46. The SMILES string of the molecule is Cc1noc(C2CCCS2(=O)=O)c1CN. The molecule has 1 unspecified atom stereocenters. The third-order valence-electron chi connectivity index (χ3n) is 2.84. The van der Waals surface area contributed by atoms with Crippen LogP contribution in [-0.4, -0.2) is 19.3 Å². The number of hydrogen-bond donors (Lipinski definition) is 1. The first-order valence-electron chi connectivity index (χ1n) is 4.93. The van der Waals surface area contributed by atoms with Gasteiger partial charge in [-0.3, -0.25) is 0 Å². The van der Waals surface area contributed by atoms with E-state index >= 15 is 0 Å². The van der Waals surface area contributed by atoms with Gasteiger partial charge >= 0.3 is 0 Å². The van der Waals surface area contributed by atoms with Gasteiger partial charge in [0.25, 0.3) is 0 Å². The molecule has 0 aromatic carbocycles. The predicted octanol–water partition coefficient (Wildman–Crippen LogP) is 0.691. The first kappa shape index (κ1) is 10.6. The summed E-state index contributed by atoms with van der Waals surface area (Å²) in [4.78, 5) is 0. The molecular formula is C9H14N2O3S. The van der Waals surface area contributed by atoms with E-state index < -0.39 is 15.1 Å². The van der Waals surface area contributed by atoms with E-state index in [2.05, 4.69) is 5.16 Å². The number of hydrogen-bond acceptors (Lipinski definition) is 5. The molecule has 1 atom stereocenters. The molecular weight excluding hydrogens is 216 g/mol. The molecule has 0 saturated carbocycles. The van der Waals surface area contributed by atoms with E-state index in [1.165, 1.54) is 0 Å². The lowest BCUT2D eigenvalue weighted by molar-refractivity contribution is 0.372. The van der Waals surface area contributed by atoms with Crippen molar-refractivity contribution in [1.29, 1.82) is 0 Å². The molecule has 1 fully saturated rings. The minimum atomic E-state index is -3.05. The van der Waals surface area contributed by atoms with Crippen molar-refractivity contribution in [3.8, 4) is 0 Å². The van der Waals surface area contributed by atoms with Crippen molar-refractivity contribution in [2.75, 3.05) is 5.75 Å². The quantitative estimate of drug-likeness (QED) is 0.807. The molecule has 6 heteroatoms. The first-order valence-corrected chi connectivity index (χ1v) is 6.64. The monoisotopic (exact) mass is 230 g/mol. The number of aryl methyl sites for hydroxylation is 1. The number of sulfone groups is 1. The molecule has 2 rings (SSSR count). The molecule has 84 valence electrons. The molecule has 0 aliphatic carbocycles. The van der Waals surface area contributed by atoms with Gasteiger partial charge in [-0.05, 0) is 19.8 Å². The van der Waals surface area contributed by atoms with Crippen molar-refractivity contribution in [1.82, 2.24) is 5.16 Å². The Kier molecular flexibility index (Phi) is 2.56. The van der Waals surface area contributed by atoms with Crippen LogP contribution in [0.2, 0.25) is 0 Å². The zero-order valence-corrected chi connectivity index (χ0v) is 9.38. The van der Waals surface area contributed by atoms with Gasteiger partial charge in [-0.15, -0.1) is 0 Å². The van der Waals surface area contributed by atoms with Gasteiger partial charge in [0.05, 0.1) is 11.4 Å². The average Bonchev–Trinajstić information content (AvgIpc) is 2.68. The smallest absolute Gasteiger partial charge is 0.160 e. The van der Waals surface area contributed by atoms with Crippen molar-refractivity contribution in [2.24, 2.45) is 5.73 Å². The van der Waals surface area contributed by atoms with Crippen LogP contribution in [0.15, 0.2) is 4.52 Å². The lowest BCUT2D eigenvalue weighted by atomic mass is 10.1. The highest BCUT2D eigenvalue weighted by molar-refractivity contribution is 7.91. The summed E-state index contributed by atoms with van der Waals surface area (Å²) in [5.74, 6) is 0.689. The van der Waals surface area contributed by atoms with Crippen molar-refractivity contribution >= 4 is 9.84 Å². The van der Waals surface area contributed by atoms with Crippen LogP contribution in [0.1, 0.15) is 35.1 Å². The topological polar surface area (TPSA) is 86.2 Å². The average molecular weight is 230 g/mol. The second kappa shape index (κ2) is 3.61. The van der Waals surface area contributed by atoms with Crippen LogP contribution in [0.3, 0.4) is 0 Å². The Morgan fingerprint density at radius 3 is 2.87 bits per heavy atom. The van der Waals surface area contributed by atoms with E-state index in [0.717, 1.165) is 5.56 Å². The minimum Gasteiger partial charge on any atom is -0.359 e. The Hall–Kier alpha value is -0.880. The highest BCUT2D eigenvalue weighted by atomic mass is 32.2. The zero-order valence-electron chi connectivity index (χ0n) is 8.56. The second-order valence-corrected chi connectivity index (χ2v) is 6.12. The predicted molar refractivity (Wildman–Crippen MR) is 54.9 cm³/mol. The van der Waals surface area contributed by atoms with E-state index in [-0.39, 0.29) is 12.3 Å². The summed E-state index contributed by atoms with van der Waals surface area (Å²) in [6.07, 6.45) is 1.31. The fourth-order valence-corrected chi connectivity index (χ4v) is 3.88. The fourth-order valence-electron chi connectivity index (χ4n) is 1.99. The maximum atomic E-state index is 11.7. The van der Waals surface area contributed by atoms with E-state index in [9.17, 15) is 8.42 Å². The van der Waals surface area contributed by atoms with Crippen molar-refractivity contribution < 1.29 is 12.9 Å². The Morgan fingerprint density at radius 1 is 1.60 bits per heavy atom. The molecule has 1 aliphatic rings. The Bertz CT molecular complexity index is 464. The van der Waals surface area contributed by atoms with Gasteiger partial charge in [-0.2, -0.15) is 0 Å². The molecule has 0 amide bonds. The highest BCUT2D eigenvalue weighted by Gasteiger charge is 2.37. The third-order valence-corrected chi connectivity index (χ3v) is 5.01. The molecule has 0 radical (unpaired) electrons. The van der Waals surface area contributed by atoms with Gasteiger partial charge in [-0.25, -0.2) is 8.42 Å². The molecule has 2 N–H and O–H groups in total. The lowest BCUT2D eigenvalue weighted by Gasteiger charge is -2.06. The van der Waals surface area contributed by atoms with E-state index in [1.54, 1.807) is 6.92 Å². The van der Waals surface area contributed by atoms with Crippen molar-refractivity contribution in [3.05, 3.63) is 17.0 Å². The number of nitrogens with two attached hydrogens (primary N) is 1. The van der Waals surface area contributed by atoms with E-state index in [4.69, 9.17) is 10.3 Å². The zero-order chi connectivity index (χ0) is 11.1. The van der Waals surface area contributed by atoms with Crippen LogP contribution in [0, 0.1) is 6.92 Å². The standard InChI is InChI=1S/C9H14N2O3S/c1-6-7(5-10)9(14-11-6)8-3-2-4-15(8,12)13/h8H,2-5,10H2,1H3. The summed E-state index contributed by atoms with van der Waals surface area (Å²) in [5, 5.41) is 3.25. The Morgan fingerprint density at radius 2 is 2.33 bits per heavy atom. The van der Waals surface area contributed by atoms with Gasteiger partial charge in [0.2, 0.25) is 0 Å². The van der Waals surface area contributed by atoms with Crippen molar-refractivity contribution in [2.45, 2.75) is 31.6 Å². The van der Waals surface area contributed by atoms with Crippen LogP contribution >= 0.6 is 0 Å². The molecule has 0 spiro atoms. The molecule has 2 heterocycles. The molecule has 1 aliphatic heterocycles. The molecule has 0 bridgehead atoms. The van der Waals surface area contributed by atoms with Gasteiger partial charge < -0.3 is 10.3 Å². The number of aromatic nitrogens is 1. The van der Waals surface area contributed by atoms with Gasteiger partial charge in [0.15, 0.2) is 15.6 Å². The molecule has 1 aromatic rings. The number of nitrogens with zero attached hydrogens (tertiary/aromatic N) is 1. The molecule has 1 aromatic heterocycles. The maximum Gasteiger partial charge on any atom is 0.160 e. The largest absolute Gasteiger partial charge is 0.359 e. The fraction of sp³-hybridized carbons (Fsp3) is 0.667. The summed E-state index contributed by atoms with van der Waals surface area (Å²) >= 11 is 0. The maximum absolute atomic E-state index is 11.7. The summed E-state index contributed by atoms with van der Waals surface area (Å²) < 4.78 is 28.5. The summed E-state index contributed by atoms with van der Waals surface area (Å²) in [7, 11) is -3.05. The summed E-state index contributed by atoms with van der Waals surface area (Å²) in [6, 6.07) is 0. The third kappa shape index (κ3) is 1.68. The van der Waals surface area contributed by atoms with E-state index in [1.807, 2.05) is 0 Å². The van der Waals surface area contributed by atoms with E-state index in [0.29, 0.717) is 24.3 Å². The van der Waals surface area contributed by atoms with Gasteiger partial charge in [0, 0.05) is 12.1 Å². The minimum absolute atomic E-state index is 0.238. The normalized spacial score (nSPS) is 24.5.